The lowest BCUT2D eigenvalue weighted by molar-refractivity contribution is 0.0126. The predicted molar refractivity (Wildman–Crippen MR) is 92.1 cm³/mol. The number of piperazine rings is 1. The molecule has 1 aromatic rings. The molecule has 1 aliphatic heterocycles. The molecule has 0 aromatic heterocycles. The molecule has 1 unspecified atom stereocenters. The van der Waals surface area contributed by atoms with Crippen LogP contribution in [-0.4, -0.2) is 56.1 Å². The summed E-state index contributed by atoms with van der Waals surface area (Å²) in [6, 6.07) is 1.79. The van der Waals surface area contributed by atoms with Crippen molar-refractivity contribution in [3.63, 3.8) is 0 Å². The number of carbonyl (C=O) groups excluding carboxylic acids is 1. The van der Waals surface area contributed by atoms with E-state index in [9.17, 15) is 13.6 Å². The van der Waals surface area contributed by atoms with Crippen LogP contribution < -0.4 is 14.8 Å². The summed E-state index contributed by atoms with van der Waals surface area (Å²) in [6.07, 6.45) is -1.83. The maximum atomic E-state index is 13.2. The zero-order valence-electron chi connectivity index (χ0n) is 14.4. The highest BCUT2D eigenvalue weighted by atomic mass is 35.5. The molecule has 0 radical (unpaired) electrons. The summed E-state index contributed by atoms with van der Waals surface area (Å²) >= 11 is 6.25. The van der Waals surface area contributed by atoms with E-state index in [4.69, 9.17) is 21.1 Å². The lowest BCUT2D eigenvalue weighted by atomic mass is 10.1. The van der Waals surface area contributed by atoms with Crippen molar-refractivity contribution < 1.29 is 23.0 Å². The van der Waals surface area contributed by atoms with Gasteiger partial charge in [0, 0.05) is 25.2 Å². The highest BCUT2D eigenvalue weighted by Crippen LogP contribution is 2.37. The standard InChI is InChI=1S/C17H23ClF2N2O3/c1-3-7-25-15-12(18)8-11(9-14(15)24-4-2)17(23)22-6-5-21-10-13(22)16(19)20/h8-9,13,16,21H,3-7,10H2,1-2H3. The summed E-state index contributed by atoms with van der Waals surface area (Å²) in [6.45, 7) is 5.33. The van der Waals surface area contributed by atoms with Crippen LogP contribution >= 0.6 is 11.6 Å². The third-order valence-electron chi connectivity index (χ3n) is 3.84. The van der Waals surface area contributed by atoms with Gasteiger partial charge in [0.15, 0.2) is 11.5 Å². The fourth-order valence-corrected chi connectivity index (χ4v) is 2.93. The van der Waals surface area contributed by atoms with Crippen molar-refractivity contribution in [2.45, 2.75) is 32.7 Å². The van der Waals surface area contributed by atoms with Crippen molar-refractivity contribution in [3.8, 4) is 11.5 Å². The van der Waals surface area contributed by atoms with Crippen molar-refractivity contribution in [2.24, 2.45) is 0 Å². The first-order valence-electron chi connectivity index (χ1n) is 8.38. The van der Waals surface area contributed by atoms with E-state index in [2.05, 4.69) is 5.32 Å². The van der Waals surface area contributed by atoms with Crippen LogP contribution in [0.4, 0.5) is 8.78 Å². The van der Waals surface area contributed by atoms with E-state index in [1.807, 2.05) is 6.92 Å². The minimum absolute atomic E-state index is 0.0626. The summed E-state index contributed by atoms with van der Waals surface area (Å²) in [5.74, 6) is 0.222. The first-order chi connectivity index (χ1) is 12.0. The van der Waals surface area contributed by atoms with E-state index in [1.54, 1.807) is 6.92 Å². The lowest BCUT2D eigenvalue weighted by Crippen LogP contribution is -2.56. The third kappa shape index (κ3) is 4.73. The minimum Gasteiger partial charge on any atom is -0.490 e. The topological polar surface area (TPSA) is 50.8 Å². The Labute approximate surface area is 151 Å². The highest BCUT2D eigenvalue weighted by Gasteiger charge is 2.34. The van der Waals surface area contributed by atoms with E-state index in [-0.39, 0.29) is 23.7 Å². The Bertz CT molecular complexity index is 602. The molecule has 25 heavy (non-hydrogen) atoms. The molecular weight excluding hydrogens is 354 g/mol. The Morgan fingerprint density at radius 3 is 2.80 bits per heavy atom. The van der Waals surface area contributed by atoms with Gasteiger partial charge in [0.25, 0.3) is 12.3 Å². The highest BCUT2D eigenvalue weighted by molar-refractivity contribution is 6.32. The molecule has 1 heterocycles. The molecule has 0 spiro atoms. The Kier molecular flexibility index (Phi) is 7.25. The fraction of sp³-hybridized carbons (Fsp3) is 0.588. The number of nitrogens with one attached hydrogen (secondary N) is 1. The van der Waals surface area contributed by atoms with Crippen LogP contribution in [0.1, 0.15) is 30.6 Å². The van der Waals surface area contributed by atoms with Crippen molar-refractivity contribution >= 4 is 17.5 Å². The van der Waals surface area contributed by atoms with Gasteiger partial charge in [-0.25, -0.2) is 8.78 Å². The van der Waals surface area contributed by atoms with Crippen LogP contribution in [0.3, 0.4) is 0 Å². The second-order valence-electron chi connectivity index (χ2n) is 5.67. The Morgan fingerprint density at radius 2 is 2.16 bits per heavy atom. The number of hydrogen-bond acceptors (Lipinski definition) is 4. The number of amides is 1. The predicted octanol–water partition coefficient (Wildman–Crippen LogP) is 3.21. The van der Waals surface area contributed by atoms with Crippen LogP contribution in [0.25, 0.3) is 0 Å². The van der Waals surface area contributed by atoms with Crippen molar-refractivity contribution in [1.29, 1.82) is 0 Å². The lowest BCUT2D eigenvalue weighted by Gasteiger charge is -2.35. The van der Waals surface area contributed by atoms with Crippen molar-refractivity contribution in [3.05, 3.63) is 22.7 Å². The molecule has 5 nitrogen and oxygen atoms in total. The number of carbonyl (C=O) groups is 1. The van der Waals surface area contributed by atoms with Crippen molar-refractivity contribution in [2.75, 3.05) is 32.8 Å². The molecule has 1 fully saturated rings. The SMILES string of the molecule is CCCOc1c(Cl)cc(C(=O)N2CCNCC2C(F)F)cc1OCC. The quantitative estimate of drug-likeness (QED) is 0.794. The Hall–Kier alpha value is -1.60. The molecule has 0 aliphatic carbocycles. The largest absolute Gasteiger partial charge is 0.490 e. The zero-order chi connectivity index (χ0) is 18.4. The number of hydrogen-bond donors (Lipinski definition) is 1. The van der Waals surface area contributed by atoms with Gasteiger partial charge < -0.3 is 19.7 Å². The van der Waals surface area contributed by atoms with Gasteiger partial charge in [0.1, 0.15) is 6.04 Å². The van der Waals surface area contributed by atoms with Gasteiger partial charge in [-0.15, -0.1) is 0 Å². The molecule has 1 N–H and O–H groups in total. The maximum absolute atomic E-state index is 13.2. The molecular formula is C17H23ClF2N2O3. The van der Waals surface area contributed by atoms with Gasteiger partial charge in [0.2, 0.25) is 0 Å². The zero-order valence-corrected chi connectivity index (χ0v) is 15.1. The third-order valence-corrected chi connectivity index (χ3v) is 4.12. The molecule has 1 atom stereocenters. The molecule has 1 saturated heterocycles. The van der Waals surface area contributed by atoms with Gasteiger partial charge in [-0.05, 0) is 25.5 Å². The second-order valence-corrected chi connectivity index (χ2v) is 6.08. The fourth-order valence-electron chi connectivity index (χ4n) is 2.67. The number of rotatable bonds is 7. The Morgan fingerprint density at radius 1 is 1.40 bits per heavy atom. The molecule has 140 valence electrons. The van der Waals surface area contributed by atoms with Crippen molar-refractivity contribution in [1.82, 2.24) is 10.2 Å². The number of halogens is 3. The molecule has 1 aliphatic rings. The molecule has 0 bridgehead atoms. The smallest absolute Gasteiger partial charge is 0.259 e. The first-order valence-corrected chi connectivity index (χ1v) is 8.76. The molecule has 8 heteroatoms. The van der Waals surface area contributed by atoms with E-state index in [0.717, 1.165) is 6.42 Å². The number of ether oxygens (including phenoxy) is 2. The average molecular weight is 377 g/mol. The maximum Gasteiger partial charge on any atom is 0.259 e. The van der Waals surface area contributed by atoms with E-state index >= 15 is 0 Å². The summed E-state index contributed by atoms with van der Waals surface area (Å²) in [5.41, 5.74) is 0.213. The summed E-state index contributed by atoms with van der Waals surface area (Å²) < 4.78 is 37.6. The summed E-state index contributed by atoms with van der Waals surface area (Å²) in [7, 11) is 0. The monoisotopic (exact) mass is 376 g/mol. The van der Waals surface area contributed by atoms with Gasteiger partial charge in [0.05, 0.1) is 18.2 Å². The molecule has 2 rings (SSSR count). The summed E-state index contributed by atoms with van der Waals surface area (Å²) in [5, 5.41) is 3.11. The van der Waals surface area contributed by atoms with Gasteiger partial charge >= 0.3 is 0 Å². The van der Waals surface area contributed by atoms with Crippen LogP contribution in [-0.2, 0) is 0 Å². The van der Waals surface area contributed by atoms with Crippen LogP contribution in [0.2, 0.25) is 5.02 Å². The molecule has 1 amide bonds. The molecule has 1 aromatic carbocycles. The van der Waals surface area contributed by atoms with Crippen LogP contribution in [0, 0.1) is 0 Å². The number of nitrogens with zero attached hydrogens (tertiary/aromatic N) is 1. The van der Waals surface area contributed by atoms with Crippen LogP contribution in [0.15, 0.2) is 12.1 Å². The molecule has 0 saturated carbocycles. The van der Waals surface area contributed by atoms with Gasteiger partial charge in [-0.1, -0.05) is 18.5 Å². The van der Waals surface area contributed by atoms with Gasteiger partial charge in [-0.2, -0.15) is 0 Å². The van der Waals surface area contributed by atoms with Crippen LogP contribution in [0.5, 0.6) is 11.5 Å². The number of alkyl halides is 2. The van der Waals surface area contributed by atoms with E-state index in [0.29, 0.717) is 31.3 Å². The number of benzene rings is 1. The van der Waals surface area contributed by atoms with E-state index in [1.165, 1.54) is 17.0 Å². The van der Waals surface area contributed by atoms with Gasteiger partial charge in [-0.3, -0.25) is 4.79 Å². The normalized spacial score (nSPS) is 17.7. The summed E-state index contributed by atoms with van der Waals surface area (Å²) in [4.78, 5) is 13.9. The second kappa shape index (κ2) is 9.20. The average Bonchev–Trinajstić information content (AvgIpc) is 2.60. The first kappa shape index (κ1) is 19.7. The van der Waals surface area contributed by atoms with E-state index < -0.39 is 18.4 Å². The minimum atomic E-state index is -2.62. The Balaban J connectivity index is 2.32.